The minimum atomic E-state index is -0.252. The molecule has 1 heterocycles. The smallest absolute Gasteiger partial charge is 0.344 e. The Labute approximate surface area is 178 Å². The third-order valence-electron chi connectivity index (χ3n) is 6.93. The average molecular weight is 406 g/mol. The number of allylic oxidation sites excluding steroid dienone is 2. The molecule has 2 aromatic carbocycles. The van der Waals surface area contributed by atoms with Crippen molar-refractivity contribution >= 4 is 22.4 Å². The van der Waals surface area contributed by atoms with E-state index in [1.807, 2.05) is 12.1 Å². The van der Waals surface area contributed by atoms with Crippen LogP contribution in [0.2, 0.25) is 0 Å². The van der Waals surface area contributed by atoms with Crippen molar-refractivity contribution in [2.45, 2.75) is 51.6 Å². The fourth-order valence-electron chi connectivity index (χ4n) is 5.58. The van der Waals surface area contributed by atoms with Gasteiger partial charge in [-0.3, -0.25) is 0 Å². The SMILES string of the molecule is CC1C=C2CCC(OC(=O)COc3ccc(N4CCCC4)c4ccccc34)C(C2)C1. The Hall–Kier alpha value is -2.49. The van der Waals surface area contributed by atoms with Crippen molar-refractivity contribution in [3.8, 4) is 5.75 Å². The Bertz CT molecular complexity index is 960. The lowest BCUT2D eigenvalue weighted by atomic mass is 9.73. The van der Waals surface area contributed by atoms with Crippen molar-refractivity contribution in [3.05, 3.63) is 48.0 Å². The topological polar surface area (TPSA) is 38.8 Å². The quantitative estimate of drug-likeness (QED) is 0.487. The van der Waals surface area contributed by atoms with E-state index in [-0.39, 0.29) is 18.7 Å². The van der Waals surface area contributed by atoms with E-state index in [0.29, 0.717) is 11.8 Å². The first-order valence-corrected chi connectivity index (χ1v) is 11.5. The van der Waals surface area contributed by atoms with E-state index in [9.17, 15) is 4.79 Å². The Morgan fingerprint density at radius 1 is 1.10 bits per heavy atom. The van der Waals surface area contributed by atoms with Crippen LogP contribution in [0.1, 0.15) is 45.4 Å². The second kappa shape index (κ2) is 8.33. The van der Waals surface area contributed by atoms with Crippen molar-refractivity contribution < 1.29 is 14.3 Å². The van der Waals surface area contributed by atoms with E-state index in [4.69, 9.17) is 9.47 Å². The van der Waals surface area contributed by atoms with Crippen molar-refractivity contribution in [1.82, 2.24) is 0 Å². The molecule has 0 radical (unpaired) electrons. The summed E-state index contributed by atoms with van der Waals surface area (Å²) in [4.78, 5) is 15.0. The molecule has 0 N–H and O–H groups in total. The first-order valence-electron chi connectivity index (χ1n) is 11.5. The van der Waals surface area contributed by atoms with E-state index in [1.54, 1.807) is 5.57 Å². The molecule has 4 nitrogen and oxygen atoms in total. The van der Waals surface area contributed by atoms with Crippen LogP contribution in [0.4, 0.5) is 5.69 Å². The Kier molecular flexibility index (Phi) is 5.41. The molecule has 30 heavy (non-hydrogen) atoms. The maximum atomic E-state index is 12.6. The van der Waals surface area contributed by atoms with Gasteiger partial charge in [0.1, 0.15) is 11.9 Å². The van der Waals surface area contributed by atoms with Crippen LogP contribution < -0.4 is 9.64 Å². The van der Waals surface area contributed by atoms with E-state index in [1.165, 1.54) is 23.9 Å². The molecule has 3 unspecified atom stereocenters. The van der Waals surface area contributed by atoms with Crippen LogP contribution in [0.25, 0.3) is 10.8 Å². The van der Waals surface area contributed by atoms with Crippen molar-refractivity contribution in [1.29, 1.82) is 0 Å². The number of esters is 1. The number of carbonyl (C=O) groups is 1. The van der Waals surface area contributed by atoms with Gasteiger partial charge in [-0.05, 0) is 56.6 Å². The van der Waals surface area contributed by atoms with Crippen LogP contribution in [0.15, 0.2) is 48.0 Å². The Morgan fingerprint density at radius 2 is 1.90 bits per heavy atom. The lowest BCUT2D eigenvalue weighted by molar-refractivity contribution is -0.155. The van der Waals surface area contributed by atoms with Gasteiger partial charge in [0, 0.05) is 35.5 Å². The van der Waals surface area contributed by atoms with Crippen LogP contribution in [-0.2, 0) is 9.53 Å². The van der Waals surface area contributed by atoms with Gasteiger partial charge in [-0.25, -0.2) is 4.79 Å². The third kappa shape index (κ3) is 3.92. The zero-order valence-corrected chi connectivity index (χ0v) is 17.8. The second-order valence-electron chi connectivity index (χ2n) is 9.18. The van der Waals surface area contributed by atoms with E-state index in [0.717, 1.165) is 49.9 Å². The van der Waals surface area contributed by atoms with Gasteiger partial charge >= 0.3 is 5.97 Å². The second-order valence-corrected chi connectivity index (χ2v) is 9.18. The summed E-state index contributed by atoms with van der Waals surface area (Å²) in [5, 5.41) is 2.25. The summed E-state index contributed by atoms with van der Waals surface area (Å²) >= 11 is 0. The van der Waals surface area contributed by atoms with Crippen LogP contribution in [0, 0.1) is 11.8 Å². The summed E-state index contributed by atoms with van der Waals surface area (Å²) in [6, 6.07) is 12.4. The molecule has 3 atom stereocenters. The maximum Gasteiger partial charge on any atom is 0.344 e. The summed E-state index contributed by atoms with van der Waals surface area (Å²) in [6.07, 6.45) is 9.15. The zero-order valence-electron chi connectivity index (χ0n) is 17.8. The summed E-state index contributed by atoms with van der Waals surface area (Å²) in [6.45, 7) is 4.44. The molecular weight excluding hydrogens is 374 g/mol. The van der Waals surface area contributed by atoms with Crippen LogP contribution in [0.3, 0.4) is 0 Å². The number of nitrogens with zero attached hydrogens (tertiary/aromatic N) is 1. The lowest BCUT2D eigenvalue weighted by Crippen LogP contribution is -2.35. The molecule has 158 valence electrons. The summed E-state index contributed by atoms with van der Waals surface area (Å²) in [7, 11) is 0. The molecule has 2 aromatic rings. The van der Waals surface area contributed by atoms with Crippen LogP contribution in [-0.4, -0.2) is 31.8 Å². The number of hydrogen-bond acceptors (Lipinski definition) is 4. The number of ether oxygens (including phenoxy) is 2. The van der Waals surface area contributed by atoms with Crippen LogP contribution >= 0.6 is 0 Å². The molecule has 0 spiro atoms. The Morgan fingerprint density at radius 3 is 2.73 bits per heavy atom. The van der Waals surface area contributed by atoms with E-state index < -0.39 is 0 Å². The van der Waals surface area contributed by atoms with Gasteiger partial charge in [0.2, 0.25) is 0 Å². The summed E-state index contributed by atoms with van der Waals surface area (Å²) in [5.74, 6) is 1.57. The lowest BCUT2D eigenvalue weighted by Gasteiger charge is -2.37. The molecule has 0 amide bonds. The molecule has 1 aliphatic heterocycles. The highest BCUT2D eigenvalue weighted by Crippen LogP contribution is 2.40. The first-order chi connectivity index (χ1) is 14.7. The molecular formula is C26H31NO3. The Balaban J connectivity index is 1.26. The highest BCUT2D eigenvalue weighted by atomic mass is 16.6. The maximum absolute atomic E-state index is 12.6. The predicted octanol–water partition coefficient (Wildman–Crippen LogP) is 5.50. The number of benzene rings is 2. The summed E-state index contributed by atoms with van der Waals surface area (Å²) < 4.78 is 11.8. The average Bonchev–Trinajstić information content (AvgIpc) is 3.28. The zero-order chi connectivity index (χ0) is 20.5. The van der Waals surface area contributed by atoms with Crippen molar-refractivity contribution in [2.24, 2.45) is 11.8 Å². The van der Waals surface area contributed by atoms with Gasteiger partial charge in [-0.2, -0.15) is 0 Å². The number of hydrogen-bond donors (Lipinski definition) is 0. The van der Waals surface area contributed by atoms with Crippen molar-refractivity contribution in [3.63, 3.8) is 0 Å². The van der Waals surface area contributed by atoms with Gasteiger partial charge in [-0.1, -0.05) is 42.8 Å². The standard InChI is InChI=1S/C26H31NO3/c1-18-14-19-8-10-24(20(15-18)16-19)30-26(28)17-29-25-11-9-23(27-12-4-5-13-27)21-6-2-3-7-22(21)25/h2-3,6-7,9,11,14,18,20,24H,4-5,8,10,12-13,15-17H2,1H3. The molecule has 1 saturated heterocycles. The first kappa shape index (κ1) is 19.5. The van der Waals surface area contributed by atoms with E-state index in [2.05, 4.69) is 42.2 Å². The fourth-order valence-corrected chi connectivity index (χ4v) is 5.58. The minimum absolute atomic E-state index is 0.0332. The number of anilines is 1. The third-order valence-corrected chi connectivity index (χ3v) is 6.93. The number of carbonyl (C=O) groups excluding carboxylic acids is 1. The monoisotopic (exact) mass is 405 g/mol. The molecule has 0 aromatic heterocycles. The molecule has 2 fully saturated rings. The number of rotatable bonds is 5. The summed E-state index contributed by atoms with van der Waals surface area (Å²) in [5.41, 5.74) is 2.81. The van der Waals surface area contributed by atoms with Crippen LogP contribution in [0.5, 0.6) is 5.75 Å². The normalized spacial score (nSPS) is 25.8. The fraction of sp³-hybridized carbons (Fsp3) is 0.500. The molecule has 4 heteroatoms. The number of fused-ring (bicyclic) bond motifs is 3. The van der Waals surface area contributed by atoms with Gasteiger partial charge in [0.15, 0.2) is 6.61 Å². The minimum Gasteiger partial charge on any atom is -0.481 e. The molecule has 2 bridgehead atoms. The largest absolute Gasteiger partial charge is 0.481 e. The van der Waals surface area contributed by atoms with Gasteiger partial charge in [0.25, 0.3) is 0 Å². The van der Waals surface area contributed by atoms with Gasteiger partial charge < -0.3 is 14.4 Å². The van der Waals surface area contributed by atoms with E-state index >= 15 is 0 Å². The molecule has 5 rings (SSSR count). The molecule has 1 saturated carbocycles. The van der Waals surface area contributed by atoms with Gasteiger partial charge in [0.05, 0.1) is 0 Å². The molecule has 3 aliphatic rings. The highest BCUT2D eigenvalue weighted by molar-refractivity contribution is 5.98. The highest BCUT2D eigenvalue weighted by Gasteiger charge is 2.34. The van der Waals surface area contributed by atoms with Crippen molar-refractivity contribution in [2.75, 3.05) is 24.6 Å². The predicted molar refractivity (Wildman–Crippen MR) is 120 cm³/mol. The molecule has 2 aliphatic carbocycles. The van der Waals surface area contributed by atoms with Gasteiger partial charge in [-0.15, -0.1) is 0 Å².